The van der Waals surface area contributed by atoms with Gasteiger partial charge in [0, 0.05) is 46.7 Å². The number of alkyl halides is 5. The van der Waals surface area contributed by atoms with Crippen molar-refractivity contribution in [2.24, 2.45) is 18.9 Å². The van der Waals surface area contributed by atoms with Crippen LogP contribution in [0.3, 0.4) is 0 Å². The maximum atomic E-state index is 14.3. The Morgan fingerprint density at radius 1 is 1.19 bits per heavy atom. The number of aryl methyl sites for hydroxylation is 2. The third-order valence-corrected chi connectivity index (χ3v) is 7.99. The molecular formula is C25H24Cl2F4N2O3. The topological polar surface area (TPSA) is 62.5 Å². The number of carbonyl (C=O) groups is 2. The second kappa shape index (κ2) is 9.74. The number of amides is 1. The van der Waals surface area contributed by atoms with Gasteiger partial charge in [-0.2, -0.15) is 13.2 Å². The van der Waals surface area contributed by atoms with Crippen LogP contribution in [0.4, 0.5) is 17.6 Å². The number of allylic oxidation sites excluding steroid dienone is 3. The van der Waals surface area contributed by atoms with Crippen LogP contribution in [0, 0.1) is 18.8 Å². The van der Waals surface area contributed by atoms with Gasteiger partial charge in [-0.1, -0.05) is 17.7 Å². The molecule has 1 aliphatic carbocycles. The fourth-order valence-electron chi connectivity index (χ4n) is 4.93. The van der Waals surface area contributed by atoms with E-state index in [-0.39, 0.29) is 31.5 Å². The summed E-state index contributed by atoms with van der Waals surface area (Å²) in [7, 11) is 1.66. The zero-order chi connectivity index (χ0) is 26.5. The van der Waals surface area contributed by atoms with E-state index in [9.17, 15) is 27.2 Å². The summed E-state index contributed by atoms with van der Waals surface area (Å²) in [4.78, 5) is 25.6. The molecule has 1 fully saturated rings. The van der Waals surface area contributed by atoms with E-state index in [4.69, 9.17) is 28.3 Å². The molecule has 1 amide bonds. The van der Waals surface area contributed by atoms with Gasteiger partial charge in [-0.15, -0.1) is 11.6 Å². The van der Waals surface area contributed by atoms with E-state index in [0.29, 0.717) is 27.2 Å². The first-order valence-electron chi connectivity index (χ1n) is 11.3. The quantitative estimate of drug-likeness (QED) is 0.400. The molecule has 0 saturated carbocycles. The Labute approximate surface area is 214 Å². The number of halogens is 6. The summed E-state index contributed by atoms with van der Waals surface area (Å²) in [5, 5.41) is 9.31. The summed E-state index contributed by atoms with van der Waals surface area (Å²) in [5.41, 5.74) is 1.06. The molecule has 0 spiro atoms. The highest BCUT2D eigenvalue weighted by Crippen LogP contribution is 2.39. The maximum absolute atomic E-state index is 14.3. The minimum absolute atomic E-state index is 0.00228. The first kappa shape index (κ1) is 26.5. The molecule has 0 radical (unpaired) electrons. The van der Waals surface area contributed by atoms with Crippen LogP contribution < -0.4 is 0 Å². The predicted molar refractivity (Wildman–Crippen MR) is 129 cm³/mol. The van der Waals surface area contributed by atoms with Crippen molar-refractivity contribution in [3.8, 4) is 0 Å². The Morgan fingerprint density at radius 2 is 1.89 bits per heavy atom. The lowest BCUT2D eigenvalue weighted by Crippen LogP contribution is -2.48. The second-order valence-electron chi connectivity index (χ2n) is 9.30. The van der Waals surface area contributed by atoms with Gasteiger partial charge in [0.05, 0.1) is 23.4 Å². The maximum Gasteiger partial charge on any atom is 0.416 e. The number of fused-ring (bicyclic) bond motifs is 1. The van der Waals surface area contributed by atoms with Gasteiger partial charge in [0.15, 0.2) is 0 Å². The molecule has 1 N–H and O–H groups in total. The van der Waals surface area contributed by atoms with Crippen molar-refractivity contribution in [1.82, 2.24) is 9.47 Å². The SMILES string of the molecule is Cc1cc(C(F)(F)F)cc2c1cc(CC1C(Cl)=CC=C(C(=O)N3CCC(C(=O)O)C(F)C3)C1Cl)n2C. The second-order valence-corrected chi connectivity index (χ2v) is 10.2. The van der Waals surface area contributed by atoms with Gasteiger partial charge >= 0.3 is 12.1 Å². The average Bonchev–Trinajstić information content (AvgIpc) is 3.11. The fourth-order valence-corrected chi connectivity index (χ4v) is 5.65. The fraction of sp³-hybridized carbons (Fsp3) is 0.440. The van der Waals surface area contributed by atoms with Gasteiger partial charge < -0.3 is 14.6 Å². The summed E-state index contributed by atoms with van der Waals surface area (Å²) in [6.45, 7) is 1.36. The van der Waals surface area contributed by atoms with Gasteiger partial charge in [0.25, 0.3) is 5.91 Å². The van der Waals surface area contributed by atoms with Crippen molar-refractivity contribution in [3.05, 3.63) is 57.8 Å². The van der Waals surface area contributed by atoms with Crippen molar-refractivity contribution in [1.29, 1.82) is 0 Å². The normalized spacial score (nSPS) is 25.1. The number of benzene rings is 1. The molecule has 1 aromatic heterocycles. The first-order valence-corrected chi connectivity index (χ1v) is 12.1. The van der Waals surface area contributed by atoms with Crippen molar-refractivity contribution in [3.63, 3.8) is 0 Å². The van der Waals surface area contributed by atoms with Crippen molar-refractivity contribution < 1.29 is 32.3 Å². The molecule has 1 aromatic carbocycles. The van der Waals surface area contributed by atoms with E-state index in [2.05, 4.69) is 0 Å². The minimum Gasteiger partial charge on any atom is -0.481 e. The molecular weight excluding hydrogens is 523 g/mol. The van der Waals surface area contributed by atoms with E-state index in [1.54, 1.807) is 30.7 Å². The third-order valence-electron chi connectivity index (χ3n) is 7.04. The zero-order valence-electron chi connectivity index (χ0n) is 19.5. The largest absolute Gasteiger partial charge is 0.481 e. The van der Waals surface area contributed by atoms with Gasteiger partial charge in [-0.3, -0.25) is 9.59 Å². The van der Waals surface area contributed by atoms with Crippen LogP contribution in [0.2, 0.25) is 0 Å². The number of likely N-dealkylation sites (tertiary alicyclic amines) is 1. The van der Waals surface area contributed by atoms with Crippen molar-refractivity contribution in [2.45, 2.75) is 37.5 Å². The number of hydrogen-bond acceptors (Lipinski definition) is 2. The van der Waals surface area contributed by atoms with E-state index < -0.39 is 47.0 Å². The molecule has 4 rings (SSSR count). The van der Waals surface area contributed by atoms with Crippen LogP contribution in [-0.2, 0) is 29.2 Å². The number of aliphatic carboxylic acids is 1. The molecule has 1 saturated heterocycles. The molecule has 1 aliphatic heterocycles. The van der Waals surface area contributed by atoms with Crippen LogP contribution in [0.1, 0.15) is 23.2 Å². The minimum atomic E-state index is -4.47. The summed E-state index contributed by atoms with van der Waals surface area (Å²) < 4.78 is 56.0. The smallest absolute Gasteiger partial charge is 0.416 e. The van der Waals surface area contributed by atoms with Crippen LogP contribution in [-0.4, -0.2) is 51.1 Å². The van der Waals surface area contributed by atoms with E-state index in [0.717, 1.165) is 12.1 Å². The molecule has 194 valence electrons. The molecule has 5 nitrogen and oxygen atoms in total. The Balaban J connectivity index is 1.57. The highest BCUT2D eigenvalue weighted by Gasteiger charge is 2.40. The number of nitrogens with zero attached hydrogens (tertiary/aromatic N) is 2. The number of carboxylic acids is 1. The average molecular weight is 547 g/mol. The monoisotopic (exact) mass is 546 g/mol. The number of hydrogen-bond donors (Lipinski definition) is 1. The van der Waals surface area contributed by atoms with Crippen LogP contribution >= 0.6 is 23.2 Å². The van der Waals surface area contributed by atoms with Gasteiger partial charge in [0.2, 0.25) is 0 Å². The Kier molecular flexibility index (Phi) is 7.18. The summed E-state index contributed by atoms with van der Waals surface area (Å²) >= 11 is 13.2. The standard InChI is InChI=1S/C25H24Cl2F4N2O3/c1-12-7-13(25(29,30)31)8-21-17(12)9-14(32(21)2)10-18-19(26)4-3-16(22(18)27)23(34)33-6-5-15(24(35)36)20(28)11-33/h3-4,7-9,15,18,20,22H,5-6,10-11H2,1-2H3,(H,35,36). The van der Waals surface area contributed by atoms with Gasteiger partial charge in [-0.25, -0.2) is 4.39 Å². The molecule has 4 unspecified atom stereocenters. The summed E-state index contributed by atoms with van der Waals surface area (Å²) in [5.74, 6) is -3.42. The molecule has 2 heterocycles. The lowest BCUT2D eigenvalue weighted by atomic mass is 9.88. The number of carboxylic acid groups (broad SMARTS) is 1. The highest BCUT2D eigenvalue weighted by atomic mass is 35.5. The molecule has 36 heavy (non-hydrogen) atoms. The number of aromatic nitrogens is 1. The van der Waals surface area contributed by atoms with Crippen LogP contribution in [0.15, 0.2) is 41.0 Å². The van der Waals surface area contributed by atoms with E-state index >= 15 is 0 Å². The summed E-state index contributed by atoms with van der Waals surface area (Å²) in [6.07, 6.45) is -2.88. The van der Waals surface area contributed by atoms with Crippen molar-refractivity contribution >= 4 is 46.0 Å². The molecule has 0 bridgehead atoms. The van der Waals surface area contributed by atoms with Crippen LogP contribution in [0.5, 0.6) is 0 Å². The van der Waals surface area contributed by atoms with Crippen molar-refractivity contribution in [2.75, 3.05) is 13.1 Å². The van der Waals surface area contributed by atoms with Gasteiger partial charge in [0.1, 0.15) is 6.17 Å². The van der Waals surface area contributed by atoms with E-state index in [1.807, 2.05) is 0 Å². The Hall–Kier alpha value is -2.52. The molecule has 4 atom stereocenters. The lowest BCUT2D eigenvalue weighted by Gasteiger charge is -2.35. The lowest BCUT2D eigenvalue weighted by molar-refractivity contribution is -0.148. The third kappa shape index (κ3) is 4.87. The molecule has 11 heteroatoms. The van der Waals surface area contributed by atoms with Crippen LogP contribution in [0.25, 0.3) is 10.9 Å². The Morgan fingerprint density at radius 3 is 2.50 bits per heavy atom. The number of rotatable bonds is 4. The van der Waals surface area contributed by atoms with E-state index in [1.165, 1.54) is 11.0 Å². The number of piperidine rings is 1. The predicted octanol–water partition coefficient (Wildman–Crippen LogP) is 5.61. The Bertz CT molecular complexity index is 1280. The number of carbonyl (C=O) groups excluding carboxylic acids is 1. The van der Waals surface area contributed by atoms with Gasteiger partial charge in [-0.05, 0) is 49.6 Å². The zero-order valence-corrected chi connectivity index (χ0v) is 21.0. The molecule has 2 aliphatic rings. The first-order chi connectivity index (χ1) is 16.8. The highest BCUT2D eigenvalue weighted by molar-refractivity contribution is 6.33. The molecule has 2 aromatic rings. The summed E-state index contributed by atoms with van der Waals surface area (Å²) in [6, 6.07) is 4.00.